The highest BCUT2D eigenvalue weighted by Crippen LogP contribution is 2.20. The maximum atomic E-state index is 10.6. The predicted octanol–water partition coefficient (Wildman–Crippen LogP) is 1.78. The molecule has 2 aromatic rings. The smallest absolute Gasteiger partial charge is 0.258 e. The Morgan fingerprint density at radius 2 is 2.29 bits per heavy atom. The van der Waals surface area contributed by atoms with Crippen molar-refractivity contribution in [1.29, 1.82) is 0 Å². The molecule has 2 rings (SSSR count). The zero-order chi connectivity index (χ0) is 12.3. The second-order valence-corrected chi connectivity index (χ2v) is 3.81. The Morgan fingerprint density at radius 3 is 3.00 bits per heavy atom. The van der Waals surface area contributed by atoms with Crippen molar-refractivity contribution in [2.45, 2.75) is 6.54 Å². The number of thiol groups is 1. The van der Waals surface area contributed by atoms with Gasteiger partial charge in [-0.25, -0.2) is 4.98 Å². The highest BCUT2D eigenvalue weighted by atomic mass is 32.1. The molecule has 0 aliphatic carbocycles. The molecule has 0 spiro atoms. The third kappa shape index (κ3) is 2.62. The van der Waals surface area contributed by atoms with E-state index in [0.717, 1.165) is 0 Å². The minimum atomic E-state index is -0.436. The normalized spacial score (nSPS) is 10.4. The molecule has 0 bridgehead atoms. The van der Waals surface area contributed by atoms with E-state index >= 15 is 0 Å². The summed E-state index contributed by atoms with van der Waals surface area (Å²) in [7, 11) is 0. The minimum absolute atomic E-state index is 0.0352. The number of aryl methyl sites for hydroxylation is 1. The predicted molar refractivity (Wildman–Crippen MR) is 66.0 cm³/mol. The molecule has 0 aliphatic heterocycles. The van der Waals surface area contributed by atoms with E-state index in [1.165, 1.54) is 12.1 Å². The molecule has 0 saturated heterocycles. The lowest BCUT2D eigenvalue weighted by Gasteiger charge is -1.96. The van der Waals surface area contributed by atoms with Crippen LogP contribution in [0.25, 0.3) is 11.4 Å². The van der Waals surface area contributed by atoms with Crippen molar-refractivity contribution in [2.24, 2.45) is 0 Å². The summed E-state index contributed by atoms with van der Waals surface area (Å²) in [5.74, 6) is 1.15. The number of nitro groups is 1. The van der Waals surface area contributed by atoms with E-state index in [0.29, 0.717) is 23.7 Å². The van der Waals surface area contributed by atoms with Crippen molar-refractivity contribution >= 4 is 18.3 Å². The summed E-state index contributed by atoms with van der Waals surface area (Å²) in [6.45, 7) is 0.658. The third-order valence-electron chi connectivity index (χ3n) is 2.18. The summed E-state index contributed by atoms with van der Waals surface area (Å²) in [6.07, 6.45) is 1.59. The molecule has 0 aliphatic rings. The van der Waals surface area contributed by atoms with Gasteiger partial charge in [0.05, 0.1) is 11.5 Å². The Labute approximate surface area is 103 Å². The molecule has 1 heterocycles. The molecular weight excluding hydrogens is 240 g/mol. The molecular formula is C10H10N4O2S. The van der Waals surface area contributed by atoms with Gasteiger partial charge in [0.1, 0.15) is 6.33 Å². The van der Waals surface area contributed by atoms with Crippen LogP contribution in [-0.4, -0.2) is 25.4 Å². The average Bonchev–Trinajstić information content (AvgIpc) is 2.78. The van der Waals surface area contributed by atoms with Crippen LogP contribution in [-0.2, 0) is 6.54 Å². The van der Waals surface area contributed by atoms with Crippen LogP contribution in [0, 0.1) is 10.1 Å². The summed E-state index contributed by atoms with van der Waals surface area (Å²) in [6, 6.07) is 6.26. The van der Waals surface area contributed by atoms with Gasteiger partial charge in [-0.1, -0.05) is 12.1 Å². The SMILES string of the molecule is O=[N+]([O-])c1cccc(-c2ncn(CCS)n2)c1. The van der Waals surface area contributed by atoms with Gasteiger partial charge in [-0.15, -0.1) is 0 Å². The van der Waals surface area contributed by atoms with Crippen LogP contribution < -0.4 is 0 Å². The third-order valence-corrected chi connectivity index (χ3v) is 2.38. The molecule has 7 heteroatoms. The molecule has 0 fully saturated rings. The van der Waals surface area contributed by atoms with E-state index in [4.69, 9.17) is 0 Å². The van der Waals surface area contributed by atoms with Gasteiger partial charge in [-0.05, 0) is 0 Å². The zero-order valence-electron chi connectivity index (χ0n) is 8.85. The summed E-state index contributed by atoms with van der Waals surface area (Å²) in [5.41, 5.74) is 0.671. The van der Waals surface area contributed by atoms with Gasteiger partial charge in [0.2, 0.25) is 0 Å². The Kier molecular flexibility index (Phi) is 3.38. The van der Waals surface area contributed by atoms with Crippen LogP contribution >= 0.6 is 12.6 Å². The van der Waals surface area contributed by atoms with Crippen molar-refractivity contribution in [3.63, 3.8) is 0 Å². The van der Waals surface area contributed by atoms with E-state index in [9.17, 15) is 10.1 Å². The Morgan fingerprint density at radius 1 is 1.47 bits per heavy atom. The fraction of sp³-hybridized carbons (Fsp3) is 0.200. The number of hydrogen-bond acceptors (Lipinski definition) is 5. The molecule has 88 valence electrons. The van der Waals surface area contributed by atoms with E-state index in [1.54, 1.807) is 23.1 Å². The van der Waals surface area contributed by atoms with Crippen LogP contribution in [0.1, 0.15) is 0 Å². The molecule has 0 unspecified atom stereocenters. The van der Waals surface area contributed by atoms with Crippen molar-refractivity contribution in [3.05, 3.63) is 40.7 Å². The van der Waals surface area contributed by atoms with Crippen LogP contribution in [0.5, 0.6) is 0 Å². The number of nitrogens with zero attached hydrogens (tertiary/aromatic N) is 4. The Hall–Kier alpha value is -1.89. The van der Waals surface area contributed by atoms with Crippen molar-refractivity contribution < 1.29 is 4.92 Å². The van der Waals surface area contributed by atoms with Crippen LogP contribution in [0.15, 0.2) is 30.6 Å². The van der Waals surface area contributed by atoms with Crippen LogP contribution in [0.3, 0.4) is 0 Å². The molecule has 0 amide bonds. The van der Waals surface area contributed by atoms with E-state index in [-0.39, 0.29) is 5.69 Å². The fourth-order valence-corrected chi connectivity index (χ4v) is 1.60. The summed E-state index contributed by atoms with van der Waals surface area (Å²) < 4.78 is 1.65. The second-order valence-electron chi connectivity index (χ2n) is 3.36. The molecule has 0 radical (unpaired) electrons. The maximum Gasteiger partial charge on any atom is 0.270 e. The van der Waals surface area contributed by atoms with Crippen LogP contribution in [0.4, 0.5) is 5.69 Å². The number of hydrogen-bond donors (Lipinski definition) is 1. The van der Waals surface area contributed by atoms with E-state index in [1.807, 2.05) is 0 Å². The largest absolute Gasteiger partial charge is 0.270 e. The van der Waals surface area contributed by atoms with Crippen molar-refractivity contribution in [1.82, 2.24) is 14.8 Å². The highest BCUT2D eigenvalue weighted by molar-refractivity contribution is 7.80. The van der Waals surface area contributed by atoms with Gasteiger partial charge in [-0.2, -0.15) is 17.7 Å². The number of rotatable bonds is 4. The fourth-order valence-electron chi connectivity index (χ4n) is 1.40. The van der Waals surface area contributed by atoms with E-state index < -0.39 is 4.92 Å². The molecule has 0 saturated carbocycles. The lowest BCUT2D eigenvalue weighted by molar-refractivity contribution is -0.384. The van der Waals surface area contributed by atoms with Gasteiger partial charge in [0.25, 0.3) is 5.69 Å². The second kappa shape index (κ2) is 4.96. The van der Waals surface area contributed by atoms with Crippen molar-refractivity contribution in [3.8, 4) is 11.4 Å². The van der Waals surface area contributed by atoms with Gasteiger partial charge in [0, 0.05) is 23.4 Å². The maximum absolute atomic E-state index is 10.6. The first-order valence-electron chi connectivity index (χ1n) is 4.96. The lowest BCUT2D eigenvalue weighted by Crippen LogP contribution is -1.99. The lowest BCUT2D eigenvalue weighted by atomic mass is 10.2. The topological polar surface area (TPSA) is 73.8 Å². The molecule has 17 heavy (non-hydrogen) atoms. The zero-order valence-corrected chi connectivity index (χ0v) is 9.75. The molecule has 6 nitrogen and oxygen atoms in total. The average molecular weight is 250 g/mol. The molecule has 1 aromatic carbocycles. The van der Waals surface area contributed by atoms with Gasteiger partial charge < -0.3 is 0 Å². The number of nitro benzene ring substituents is 1. The molecule has 0 atom stereocenters. The quantitative estimate of drug-likeness (QED) is 0.510. The van der Waals surface area contributed by atoms with Gasteiger partial charge >= 0.3 is 0 Å². The van der Waals surface area contributed by atoms with Crippen LogP contribution in [0.2, 0.25) is 0 Å². The van der Waals surface area contributed by atoms with E-state index in [2.05, 4.69) is 22.7 Å². The summed E-state index contributed by atoms with van der Waals surface area (Å²) in [5, 5.41) is 14.8. The minimum Gasteiger partial charge on any atom is -0.258 e. The Balaban J connectivity index is 2.32. The first kappa shape index (κ1) is 11.6. The Bertz CT molecular complexity index is 541. The number of non-ortho nitro benzene ring substituents is 1. The molecule has 1 aromatic heterocycles. The number of benzene rings is 1. The summed E-state index contributed by atoms with van der Waals surface area (Å²) >= 11 is 4.09. The molecule has 0 N–H and O–H groups in total. The highest BCUT2D eigenvalue weighted by Gasteiger charge is 2.09. The monoisotopic (exact) mass is 250 g/mol. The standard InChI is InChI=1S/C10H10N4O2S/c15-14(16)9-3-1-2-8(6-9)10-11-7-13(12-10)4-5-17/h1-3,6-7,17H,4-5H2. The van der Waals surface area contributed by atoms with Crippen molar-refractivity contribution in [2.75, 3.05) is 5.75 Å². The number of aromatic nitrogens is 3. The first-order chi connectivity index (χ1) is 8.20. The van der Waals surface area contributed by atoms with Gasteiger partial charge in [-0.3, -0.25) is 14.8 Å². The summed E-state index contributed by atoms with van der Waals surface area (Å²) in [4.78, 5) is 14.3. The first-order valence-corrected chi connectivity index (χ1v) is 5.59. The van der Waals surface area contributed by atoms with Gasteiger partial charge in [0.15, 0.2) is 5.82 Å².